The Morgan fingerprint density at radius 1 is 1.27 bits per heavy atom. The zero-order valence-electron chi connectivity index (χ0n) is 6.40. The molecule has 0 saturated carbocycles. The van der Waals surface area contributed by atoms with Crippen LogP contribution in [-0.2, 0) is 9.47 Å². The predicted molar refractivity (Wildman–Crippen MR) is 38.1 cm³/mol. The monoisotopic (exact) mass is 159 g/mol. The van der Waals surface area contributed by atoms with Gasteiger partial charge >= 0.3 is 0 Å². The van der Waals surface area contributed by atoms with Crippen molar-refractivity contribution in [3.8, 4) is 0 Å². The van der Waals surface area contributed by atoms with Crippen molar-refractivity contribution in [1.82, 2.24) is 4.90 Å². The second-order valence-electron chi connectivity index (χ2n) is 3.01. The number of rotatable bonds is 2. The van der Waals surface area contributed by atoms with E-state index in [-0.39, 0.29) is 18.8 Å². The minimum Gasteiger partial charge on any atom is -0.395 e. The normalized spacial score (nSPS) is 37.9. The van der Waals surface area contributed by atoms with Gasteiger partial charge in [0.2, 0.25) is 0 Å². The highest BCUT2D eigenvalue weighted by atomic mass is 16.7. The zero-order valence-corrected chi connectivity index (χ0v) is 6.40. The van der Waals surface area contributed by atoms with E-state index in [1.165, 1.54) is 0 Å². The van der Waals surface area contributed by atoms with E-state index >= 15 is 0 Å². The van der Waals surface area contributed by atoms with Gasteiger partial charge in [0, 0.05) is 19.6 Å². The fraction of sp³-hybridized carbons (Fsp3) is 1.00. The molecular weight excluding hydrogens is 146 g/mol. The molecule has 4 heteroatoms. The summed E-state index contributed by atoms with van der Waals surface area (Å²) >= 11 is 0. The molecule has 2 heterocycles. The SMILES string of the molecule is OCCN1C[C@@H]2OCO[C@@H]2C1. The Labute approximate surface area is 65.7 Å². The van der Waals surface area contributed by atoms with Gasteiger partial charge in [0.25, 0.3) is 0 Å². The zero-order chi connectivity index (χ0) is 7.68. The quantitative estimate of drug-likeness (QED) is 0.563. The first kappa shape index (κ1) is 7.49. The smallest absolute Gasteiger partial charge is 0.147 e. The third kappa shape index (κ3) is 1.39. The van der Waals surface area contributed by atoms with Crippen molar-refractivity contribution in [3.63, 3.8) is 0 Å². The van der Waals surface area contributed by atoms with Crippen molar-refractivity contribution >= 4 is 0 Å². The molecule has 0 aromatic rings. The number of ether oxygens (including phenoxy) is 2. The summed E-state index contributed by atoms with van der Waals surface area (Å²) in [4.78, 5) is 2.16. The summed E-state index contributed by atoms with van der Waals surface area (Å²) in [5, 5.41) is 8.67. The van der Waals surface area contributed by atoms with E-state index in [9.17, 15) is 0 Å². The number of hydrogen-bond acceptors (Lipinski definition) is 4. The van der Waals surface area contributed by atoms with E-state index in [0.717, 1.165) is 19.6 Å². The van der Waals surface area contributed by atoms with Crippen molar-refractivity contribution in [1.29, 1.82) is 0 Å². The van der Waals surface area contributed by atoms with E-state index in [2.05, 4.69) is 4.90 Å². The highest BCUT2D eigenvalue weighted by Crippen LogP contribution is 2.21. The standard InChI is InChI=1S/C7H13NO3/c9-2-1-8-3-6-7(4-8)11-5-10-6/h6-7,9H,1-5H2/t6-,7+. The number of likely N-dealkylation sites (tertiary alicyclic amines) is 1. The molecule has 2 aliphatic heterocycles. The minimum atomic E-state index is 0.222. The van der Waals surface area contributed by atoms with E-state index in [4.69, 9.17) is 14.6 Å². The van der Waals surface area contributed by atoms with Crippen LogP contribution >= 0.6 is 0 Å². The van der Waals surface area contributed by atoms with Crippen LogP contribution in [0.25, 0.3) is 0 Å². The number of fused-ring (bicyclic) bond motifs is 1. The summed E-state index contributed by atoms with van der Waals surface area (Å²) in [6.45, 7) is 3.22. The maximum atomic E-state index is 8.67. The van der Waals surface area contributed by atoms with E-state index < -0.39 is 0 Å². The molecule has 0 aliphatic carbocycles. The van der Waals surface area contributed by atoms with Crippen LogP contribution in [0.15, 0.2) is 0 Å². The third-order valence-electron chi connectivity index (χ3n) is 2.27. The van der Waals surface area contributed by atoms with Gasteiger partial charge in [0.15, 0.2) is 0 Å². The summed E-state index contributed by atoms with van der Waals surface area (Å²) in [5.41, 5.74) is 0. The molecule has 0 aromatic carbocycles. The van der Waals surface area contributed by atoms with Gasteiger partial charge in [-0.3, -0.25) is 4.90 Å². The minimum absolute atomic E-state index is 0.222. The summed E-state index contributed by atoms with van der Waals surface area (Å²) in [7, 11) is 0. The van der Waals surface area contributed by atoms with Crippen molar-refractivity contribution in [2.24, 2.45) is 0 Å². The second kappa shape index (κ2) is 3.06. The molecular formula is C7H13NO3. The summed E-state index contributed by atoms with van der Waals surface area (Å²) < 4.78 is 10.6. The van der Waals surface area contributed by atoms with Gasteiger partial charge in [-0.05, 0) is 0 Å². The molecule has 4 nitrogen and oxygen atoms in total. The summed E-state index contributed by atoms with van der Waals surface area (Å²) in [5.74, 6) is 0. The molecule has 0 spiro atoms. The van der Waals surface area contributed by atoms with Crippen LogP contribution in [0.3, 0.4) is 0 Å². The highest BCUT2D eigenvalue weighted by Gasteiger charge is 2.37. The molecule has 0 radical (unpaired) electrons. The largest absolute Gasteiger partial charge is 0.395 e. The Morgan fingerprint density at radius 2 is 1.91 bits per heavy atom. The fourth-order valence-electron chi connectivity index (χ4n) is 1.68. The van der Waals surface area contributed by atoms with Crippen LogP contribution in [0.4, 0.5) is 0 Å². The lowest BCUT2D eigenvalue weighted by Crippen LogP contribution is -2.26. The van der Waals surface area contributed by atoms with Gasteiger partial charge in [-0.25, -0.2) is 0 Å². The molecule has 0 bridgehead atoms. The van der Waals surface area contributed by atoms with Crippen molar-refractivity contribution in [3.05, 3.63) is 0 Å². The Balaban J connectivity index is 1.84. The van der Waals surface area contributed by atoms with Crippen LogP contribution in [0.5, 0.6) is 0 Å². The lowest BCUT2D eigenvalue weighted by Gasteiger charge is -2.13. The predicted octanol–water partition coefficient (Wildman–Crippen LogP) is -0.964. The first-order valence-corrected chi connectivity index (χ1v) is 3.96. The number of nitrogens with zero attached hydrogens (tertiary/aromatic N) is 1. The van der Waals surface area contributed by atoms with Gasteiger partial charge in [0.1, 0.15) is 19.0 Å². The molecule has 0 amide bonds. The lowest BCUT2D eigenvalue weighted by atomic mass is 10.3. The van der Waals surface area contributed by atoms with Crippen LogP contribution in [0.2, 0.25) is 0 Å². The maximum absolute atomic E-state index is 8.67. The first-order valence-electron chi connectivity index (χ1n) is 3.96. The average molecular weight is 159 g/mol. The fourth-order valence-corrected chi connectivity index (χ4v) is 1.68. The number of β-amino-alcohol motifs (C(OH)–C–C–N with tert-alkyl or cyclic N) is 1. The Kier molecular flexibility index (Phi) is 2.09. The molecule has 0 unspecified atom stereocenters. The molecule has 0 aromatic heterocycles. The lowest BCUT2D eigenvalue weighted by molar-refractivity contribution is 0.0136. The number of hydrogen-bond donors (Lipinski definition) is 1. The first-order chi connectivity index (χ1) is 5.40. The van der Waals surface area contributed by atoms with Gasteiger partial charge in [-0.2, -0.15) is 0 Å². The van der Waals surface area contributed by atoms with Gasteiger partial charge in [-0.1, -0.05) is 0 Å². The highest BCUT2D eigenvalue weighted by molar-refractivity contribution is 4.87. The Morgan fingerprint density at radius 3 is 2.45 bits per heavy atom. The second-order valence-corrected chi connectivity index (χ2v) is 3.01. The molecule has 11 heavy (non-hydrogen) atoms. The summed E-state index contributed by atoms with van der Waals surface area (Å²) in [6.07, 6.45) is 0.503. The van der Waals surface area contributed by atoms with Crippen LogP contribution in [-0.4, -0.2) is 55.2 Å². The van der Waals surface area contributed by atoms with E-state index in [1.54, 1.807) is 0 Å². The maximum Gasteiger partial charge on any atom is 0.147 e. The van der Waals surface area contributed by atoms with Crippen molar-refractivity contribution < 1.29 is 14.6 Å². The van der Waals surface area contributed by atoms with Crippen molar-refractivity contribution in [2.75, 3.05) is 33.0 Å². The van der Waals surface area contributed by atoms with Gasteiger partial charge < -0.3 is 14.6 Å². The average Bonchev–Trinajstić information content (AvgIpc) is 2.46. The van der Waals surface area contributed by atoms with Crippen LogP contribution < -0.4 is 0 Å². The Hall–Kier alpha value is -0.160. The number of aliphatic hydroxyl groups is 1. The molecule has 2 fully saturated rings. The van der Waals surface area contributed by atoms with E-state index in [0.29, 0.717) is 6.79 Å². The summed E-state index contributed by atoms with van der Waals surface area (Å²) in [6, 6.07) is 0. The van der Waals surface area contributed by atoms with Crippen molar-refractivity contribution in [2.45, 2.75) is 12.2 Å². The molecule has 2 aliphatic rings. The van der Waals surface area contributed by atoms with E-state index in [1.807, 2.05) is 0 Å². The number of aliphatic hydroxyl groups excluding tert-OH is 1. The van der Waals surface area contributed by atoms with Crippen LogP contribution in [0.1, 0.15) is 0 Å². The van der Waals surface area contributed by atoms with Gasteiger partial charge in [-0.15, -0.1) is 0 Å². The van der Waals surface area contributed by atoms with Gasteiger partial charge in [0.05, 0.1) is 6.61 Å². The molecule has 2 rings (SSSR count). The molecule has 1 N–H and O–H groups in total. The topological polar surface area (TPSA) is 41.9 Å². The third-order valence-corrected chi connectivity index (χ3v) is 2.27. The molecule has 2 atom stereocenters. The molecule has 64 valence electrons. The molecule has 2 saturated heterocycles. The Bertz CT molecular complexity index is 130. The van der Waals surface area contributed by atoms with Crippen LogP contribution in [0, 0.1) is 0 Å².